The first-order valence-corrected chi connectivity index (χ1v) is 8.51. The molecule has 5 heteroatoms. The molecule has 0 aliphatic carbocycles. The summed E-state index contributed by atoms with van der Waals surface area (Å²) < 4.78 is 27.2. The van der Waals surface area contributed by atoms with Gasteiger partial charge in [-0.15, -0.1) is 11.6 Å². The highest BCUT2D eigenvalue weighted by atomic mass is 35.5. The Balaban J connectivity index is 2.88. The van der Waals surface area contributed by atoms with Gasteiger partial charge >= 0.3 is 0 Å². The summed E-state index contributed by atoms with van der Waals surface area (Å²) in [5, 5.41) is 0. The largest absolute Gasteiger partial charge is 0.241 e. The van der Waals surface area contributed by atoms with Crippen LogP contribution < -0.4 is 4.72 Å². The number of nitrogens with one attached hydrogen (secondary N) is 1. The number of benzene rings is 1. The number of rotatable bonds is 7. The molecule has 0 saturated carbocycles. The zero-order valence-corrected chi connectivity index (χ0v) is 13.3. The van der Waals surface area contributed by atoms with Crippen molar-refractivity contribution < 1.29 is 8.42 Å². The Labute approximate surface area is 121 Å². The second-order valence-electron chi connectivity index (χ2n) is 5.32. The van der Waals surface area contributed by atoms with Crippen molar-refractivity contribution >= 4 is 21.6 Å². The van der Waals surface area contributed by atoms with Crippen LogP contribution in [0.3, 0.4) is 0 Å². The van der Waals surface area contributed by atoms with Crippen molar-refractivity contribution in [3.8, 4) is 0 Å². The Hall–Kier alpha value is -0.580. The molecule has 0 unspecified atom stereocenters. The molecule has 0 fully saturated rings. The average Bonchev–Trinajstić information content (AvgIpc) is 2.28. The molecule has 0 aliphatic heterocycles. The van der Waals surface area contributed by atoms with Gasteiger partial charge in [0.15, 0.2) is 0 Å². The highest BCUT2D eigenvalue weighted by Gasteiger charge is 2.25. The van der Waals surface area contributed by atoms with Gasteiger partial charge in [0.2, 0.25) is 10.0 Å². The Bertz CT molecular complexity index is 495. The minimum absolute atomic E-state index is 0.301. The third-order valence-electron chi connectivity index (χ3n) is 2.90. The van der Waals surface area contributed by atoms with Crippen molar-refractivity contribution in [1.29, 1.82) is 0 Å². The topological polar surface area (TPSA) is 46.2 Å². The number of hydrogen-bond acceptors (Lipinski definition) is 2. The first-order chi connectivity index (χ1) is 8.80. The highest BCUT2D eigenvalue weighted by molar-refractivity contribution is 7.89. The van der Waals surface area contributed by atoms with E-state index < -0.39 is 15.6 Å². The molecule has 0 saturated heterocycles. The Kier molecular flexibility index (Phi) is 5.83. The molecule has 0 atom stereocenters. The van der Waals surface area contributed by atoms with Crippen molar-refractivity contribution in [1.82, 2.24) is 4.72 Å². The molecule has 19 heavy (non-hydrogen) atoms. The minimum atomic E-state index is -3.48. The van der Waals surface area contributed by atoms with Crippen LogP contribution in [0.2, 0.25) is 0 Å². The van der Waals surface area contributed by atoms with Crippen molar-refractivity contribution in [2.75, 3.05) is 5.88 Å². The molecule has 0 radical (unpaired) electrons. The van der Waals surface area contributed by atoms with Crippen LogP contribution >= 0.6 is 11.6 Å². The summed E-state index contributed by atoms with van der Waals surface area (Å²) in [6, 6.07) is 7.05. The second-order valence-corrected chi connectivity index (χ2v) is 7.38. The molecule has 0 aromatic heterocycles. The van der Waals surface area contributed by atoms with Gasteiger partial charge in [-0.3, -0.25) is 0 Å². The zero-order chi connectivity index (χ0) is 14.5. The van der Waals surface area contributed by atoms with Gasteiger partial charge in [0.05, 0.1) is 4.90 Å². The standard InChI is InChI=1S/C14H22ClNO2S/c1-4-5-12-6-8-13(9-7-12)19(17,18)16-14(2,3)10-11-15/h6-9,16H,4-5,10-11H2,1-3H3. The van der Waals surface area contributed by atoms with Crippen molar-refractivity contribution in [3.63, 3.8) is 0 Å². The van der Waals surface area contributed by atoms with E-state index in [1.165, 1.54) is 0 Å². The maximum absolute atomic E-state index is 12.2. The maximum Gasteiger partial charge on any atom is 0.241 e. The van der Waals surface area contributed by atoms with Crippen LogP contribution in [0, 0.1) is 0 Å². The van der Waals surface area contributed by atoms with Crippen LogP contribution in [0.15, 0.2) is 29.2 Å². The quantitative estimate of drug-likeness (QED) is 0.785. The van der Waals surface area contributed by atoms with Crippen LogP contribution in [-0.4, -0.2) is 19.8 Å². The molecule has 108 valence electrons. The average molecular weight is 304 g/mol. The third kappa shape index (κ3) is 5.13. The lowest BCUT2D eigenvalue weighted by Gasteiger charge is -2.25. The summed E-state index contributed by atoms with van der Waals surface area (Å²) in [5.74, 6) is 0.422. The summed E-state index contributed by atoms with van der Waals surface area (Å²) in [6.45, 7) is 5.76. The molecule has 0 bridgehead atoms. The molecule has 0 spiro atoms. The monoisotopic (exact) mass is 303 g/mol. The second kappa shape index (κ2) is 6.73. The Morgan fingerprint density at radius 2 is 1.79 bits per heavy atom. The van der Waals surface area contributed by atoms with Gasteiger partial charge in [-0.2, -0.15) is 0 Å². The first-order valence-electron chi connectivity index (χ1n) is 6.49. The minimum Gasteiger partial charge on any atom is -0.207 e. The zero-order valence-electron chi connectivity index (χ0n) is 11.7. The number of alkyl halides is 1. The number of sulfonamides is 1. The molecular weight excluding hydrogens is 282 g/mol. The summed E-state index contributed by atoms with van der Waals surface area (Å²) in [4.78, 5) is 0.301. The molecule has 1 aromatic carbocycles. The Morgan fingerprint density at radius 1 is 1.21 bits per heavy atom. The SMILES string of the molecule is CCCc1ccc(S(=O)(=O)NC(C)(C)CCCl)cc1. The van der Waals surface area contributed by atoms with E-state index in [0.29, 0.717) is 17.2 Å². The van der Waals surface area contributed by atoms with Crippen LogP contribution in [0.5, 0.6) is 0 Å². The van der Waals surface area contributed by atoms with E-state index in [2.05, 4.69) is 11.6 Å². The highest BCUT2D eigenvalue weighted by Crippen LogP contribution is 2.17. The molecule has 3 nitrogen and oxygen atoms in total. The lowest BCUT2D eigenvalue weighted by Crippen LogP contribution is -2.43. The van der Waals surface area contributed by atoms with Gasteiger partial charge in [0.1, 0.15) is 0 Å². The Morgan fingerprint density at radius 3 is 2.26 bits per heavy atom. The fourth-order valence-electron chi connectivity index (χ4n) is 1.83. The molecule has 1 aromatic rings. The number of aryl methyl sites for hydroxylation is 1. The van der Waals surface area contributed by atoms with Gasteiger partial charge < -0.3 is 0 Å². The van der Waals surface area contributed by atoms with Gasteiger partial charge in [-0.05, 0) is 44.4 Å². The van der Waals surface area contributed by atoms with E-state index in [1.54, 1.807) is 12.1 Å². The first kappa shape index (κ1) is 16.5. The van der Waals surface area contributed by atoms with E-state index in [4.69, 9.17) is 11.6 Å². The van der Waals surface area contributed by atoms with Crippen molar-refractivity contribution in [2.24, 2.45) is 0 Å². The smallest absolute Gasteiger partial charge is 0.207 e. The third-order valence-corrected chi connectivity index (χ3v) is 4.81. The van der Waals surface area contributed by atoms with Gasteiger partial charge in [0.25, 0.3) is 0 Å². The van der Waals surface area contributed by atoms with E-state index in [9.17, 15) is 8.42 Å². The summed E-state index contributed by atoms with van der Waals surface area (Å²) in [5.41, 5.74) is 0.615. The van der Waals surface area contributed by atoms with Crippen LogP contribution in [0.4, 0.5) is 0 Å². The number of halogens is 1. The maximum atomic E-state index is 12.2. The lowest BCUT2D eigenvalue weighted by molar-refractivity contribution is 0.441. The van der Waals surface area contributed by atoms with Gasteiger partial charge in [-0.25, -0.2) is 13.1 Å². The molecule has 0 amide bonds. The summed E-state index contributed by atoms with van der Waals surface area (Å²) in [6.07, 6.45) is 2.60. The number of hydrogen-bond donors (Lipinski definition) is 1. The van der Waals surface area contributed by atoms with E-state index in [0.717, 1.165) is 18.4 Å². The summed E-state index contributed by atoms with van der Waals surface area (Å²) in [7, 11) is -3.48. The van der Waals surface area contributed by atoms with Crippen LogP contribution in [-0.2, 0) is 16.4 Å². The van der Waals surface area contributed by atoms with Gasteiger partial charge in [0, 0.05) is 11.4 Å². The lowest BCUT2D eigenvalue weighted by atomic mass is 10.0. The van der Waals surface area contributed by atoms with Crippen molar-refractivity contribution in [2.45, 2.75) is 50.5 Å². The van der Waals surface area contributed by atoms with Crippen LogP contribution in [0.1, 0.15) is 39.2 Å². The molecule has 1 rings (SSSR count). The molecular formula is C14H22ClNO2S. The van der Waals surface area contributed by atoms with E-state index in [1.807, 2.05) is 26.0 Å². The molecule has 0 heterocycles. The predicted octanol–water partition coefficient (Wildman–Crippen LogP) is 3.32. The van der Waals surface area contributed by atoms with Crippen molar-refractivity contribution in [3.05, 3.63) is 29.8 Å². The van der Waals surface area contributed by atoms with E-state index in [-0.39, 0.29) is 0 Å². The summed E-state index contributed by atoms with van der Waals surface area (Å²) >= 11 is 5.68. The normalized spacial score (nSPS) is 12.6. The fourth-order valence-corrected chi connectivity index (χ4v) is 3.75. The van der Waals surface area contributed by atoms with E-state index >= 15 is 0 Å². The molecule has 0 aliphatic rings. The van der Waals surface area contributed by atoms with Gasteiger partial charge in [-0.1, -0.05) is 25.5 Å². The van der Waals surface area contributed by atoms with Crippen LogP contribution in [0.25, 0.3) is 0 Å². The fraction of sp³-hybridized carbons (Fsp3) is 0.571. The molecule has 1 N–H and O–H groups in total. The predicted molar refractivity (Wildman–Crippen MR) is 80.2 cm³/mol.